The Morgan fingerprint density at radius 1 is 1.19 bits per heavy atom. The Morgan fingerprint density at radius 3 is 2.58 bits per heavy atom. The third-order valence-electron chi connectivity index (χ3n) is 3.99. The van der Waals surface area contributed by atoms with E-state index in [1.807, 2.05) is 31.2 Å². The minimum atomic E-state index is -0.702. The molecule has 0 unspecified atom stereocenters. The normalized spacial score (nSPS) is 11.7. The zero-order valence-electron chi connectivity index (χ0n) is 15.4. The van der Waals surface area contributed by atoms with Gasteiger partial charge in [-0.1, -0.05) is 18.2 Å². The molecule has 0 spiro atoms. The highest BCUT2D eigenvalue weighted by Gasteiger charge is 2.20. The second kappa shape index (κ2) is 8.42. The number of hydrogen-bond donors (Lipinski definition) is 2. The van der Waals surface area contributed by atoms with Crippen LogP contribution >= 0.6 is 0 Å². The van der Waals surface area contributed by atoms with Crippen LogP contribution in [0.4, 0.5) is 0 Å². The van der Waals surface area contributed by atoms with Crippen LogP contribution in [0.15, 0.2) is 24.3 Å². The number of aromatic nitrogens is 1. The second-order valence-electron chi connectivity index (χ2n) is 5.97. The maximum Gasteiger partial charge on any atom is 0.340 e. The lowest BCUT2D eigenvalue weighted by Crippen LogP contribution is -2.46. The van der Waals surface area contributed by atoms with Gasteiger partial charge in [-0.3, -0.25) is 14.6 Å². The van der Waals surface area contributed by atoms with Crippen LogP contribution in [-0.4, -0.2) is 42.0 Å². The summed E-state index contributed by atoms with van der Waals surface area (Å²) in [6.45, 7) is 6.91. The monoisotopic (exact) mass is 357 g/mol. The van der Waals surface area contributed by atoms with E-state index >= 15 is 0 Å². The lowest BCUT2D eigenvalue weighted by atomic mass is 10.0. The number of fused-ring (bicyclic) bond motifs is 1. The number of para-hydroxylation sites is 1. The van der Waals surface area contributed by atoms with Crippen molar-refractivity contribution in [3.8, 4) is 0 Å². The minimum absolute atomic E-state index is 0.294. The van der Waals surface area contributed by atoms with E-state index in [2.05, 4.69) is 15.6 Å². The highest BCUT2D eigenvalue weighted by molar-refractivity contribution is 5.99. The fourth-order valence-electron chi connectivity index (χ4n) is 2.71. The molecule has 7 nitrogen and oxygen atoms in total. The number of pyridine rings is 1. The van der Waals surface area contributed by atoms with Crippen molar-refractivity contribution in [2.24, 2.45) is 0 Å². The van der Waals surface area contributed by atoms with Crippen LogP contribution in [0.3, 0.4) is 0 Å². The molecule has 0 saturated carbocycles. The van der Waals surface area contributed by atoms with Crippen molar-refractivity contribution in [2.45, 2.75) is 33.7 Å². The van der Waals surface area contributed by atoms with E-state index in [1.165, 1.54) is 0 Å². The average molecular weight is 357 g/mol. The molecule has 1 atom stereocenters. The molecule has 1 aromatic carbocycles. The number of ether oxygens (including phenoxy) is 1. The molecule has 1 heterocycles. The molecule has 1 aromatic heterocycles. The number of aryl methyl sites for hydroxylation is 2. The van der Waals surface area contributed by atoms with Crippen molar-refractivity contribution < 1.29 is 19.1 Å². The summed E-state index contributed by atoms with van der Waals surface area (Å²) in [7, 11) is 0. The number of rotatable bonds is 6. The number of nitrogens with one attached hydrogen (secondary N) is 2. The van der Waals surface area contributed by atoms with E-state index in [9.17, 15) is 14.4 Å². The van der Waals surface area contributed by atoms with Crippen LogP contribution in [0.2, 0.25) is 0 Å². The van der Waals surface area contributed by atoms with Gasteiger partial charge in [0.2, 0.25) is 5.91 Å². The number of carbonyl (C=O) groups is 3. The molecule has 2 aromatic rings. The second-order valence-corrected chi connectivity index (χ2v) is 5.97. The van der Waals surface area contributed by atoms with Gasteiger partial charge in [-0.05, 0) is 39.3 Å². The average Bonchev–Trinajstić information content (AvgIpc) is 2.60. The largest absolute Gasteiger partial charge is 0.452 e. The van der Waals surface area contributed by atoms with E-state index < -0.39 is 24.5 Å². The maximum atomic E-state index is 12.4. The van der Waals surface area contributed by atoms with Gasteiger partial charge in [0.05, 0.1) is 16.8 Å². The predicted octanol–water partition coefficient (Wildman–Crippen LogP) is 1.65. The van der Waals surface area contributed by atoms with E-state index in [0.29, 0.717) is 17.8 Å². The number of esters is 1. The van der Waals surface area contributed by atoms with Crippen LogP contribution in [0.25, 0.3) is 10.9 Å². The van der Waals surface area contributed by atoms with Gasteiger partial charge in [0.15, 0.2) is 6.61 Å². The van der Waals surface area contributed by atoms with Crippen LogP contribution in [0.1, 0.15) is 35.5 Å². The number of carbonyl (C=O) groups excluding carboxylic acids is 3. The summed E-state index contributed by atoms with van der Waals surface area (Å²) < 4.78 is 5.12. The zero-order chi connectivity index (χ0) is 19.3. The van der Waals surface area contributed by atoms with Gasteiger partial charge >= 0.3 is 5.97 Å². The number of benzene rings is 1. The number of amides is 2. The molecule has 0 aliphatic heterocycles. The molecule has 0 aliphatic rings. The maximum absolute atomic E-state index is 12.4. The fourth-order valence-corrected chi connectivity index (χ4v) is 2.71. The Bertz CT molecular complexity index is 848. The Morgan fingerprint density at radius 2 is 1.88 bits per heavy atom. The summed E-state index contributed by atoms with van der Waals surface area (Å²) in [5.74, 6) is -1.45. The van der Waals surface area contributed by atoms with Gasteiger partial charge in [0.1, 0.15) is 6.04 Å². The third kappa shape index (κ3) is 4.36. The van der Waals surface area contributed by atoms with E-state index in [0.717, 1.165) is 16.5 Å². The summed E-state index contributed by atoms with van der Waals surface area (Å²) in [5.41, 5.74) is 2.46. The van der Waals surface area contributed by atoms with Gasteiger partial charge in [-0.15, -0.1) is 0 Å². The lowest BCUT2D eigenvalue weighted by molar-refractivity contribution is -0.130. The van der Waals surface area contributed by atoms with Crippen LogP contribution < -0.4 is 10.6 Å². The lowest BCUT2D eigenvalue weighted by Gasteiger charge is -2.14. The van der Waals surface area contributed by atoms with Crippen LogP contribution in [-0.2, 0) is 14.3 Å². The van der Waals surface area contributed by atoms with E-state index in [1.54, 1.807) is 20.8 Å². The quantitative estimate of drug-likeness (QED) is 0.766. The highest BCUT2D eigenvalue weighted by atomic mass is 16.5. The van der Waals surface area contributed by atoms with Crippen molar-refractivity contribution in [1.82, 2.24) is 15.6 Å². The van der Waals surface area contributed by atoms with Crippen molar-refractivity contribution >= 4 is 28.7 Å². The van der Waals surface area contributed by atoms with Gasteiger partial charge < -0.3 is 15.4 Å². The SMILES string of the molecule is CCNC(=O)[C@@H](C)NC(=O)COC(=O)c1c(C)nc2ccccc2c1C. The first-order valence-electron chi connectivity index (χ1n) is 8.45. The standard InChI is InChI=1S/C19H23N3O4/c1-5-20-18(24)13(4)22-16(23)10-26-19(25)17-11(2)14-8-6-7-9-15(14)21-12(17)3/h6-9,13H,5,10H2,1-4H3,(H,20,24)(H,22,23)/t13-/m1/s1. The van der Waals surface area contributed by atoms with Crippen LogP contribution in [0, 0.1) is 13.8 Å². The molecule has 0 saturated heterocycles. The molecular weight excluding hydrogens is 334 g/mol. The molecule has 7 heteroatoms. The smallest absolute Gasteiger partial charge is 0.340 e. The Labute approximate surface area is 152 Å². The summed E-state index contributed by atoms with van der Waals surface area (Å²) >= 11 is 0. The summed E-state index contributed by atoms with van der Waals surface area (Å²) in [6.07, 6.45) is 0. The number of nitrogens with zero attached hydrogens (tertiary/aromatic N) is 1. The van der Waals surface area contributed by atoms with Gasteiger partial charge in [-0.2, -0.15) is 0 Å². The number of likely N-dealkylation sites (N-methyl/N-ethyl adjacent to an activating group) is 1. The first-order chi connectivity index (χ1) is 12.3. The van der Waals surface area contributed by atoms with Crippen LogP contribution in [0.5, 0.6) is 0 Å². The third-order valence-corrected chi connectivity index (χ3v) is 3.99. The van der Waals surface area contributed by atoms with E-state index in [-0.39, 0.29) is 5.91 Å². The van der Waals surface area contributed by atoms with Gasteiger partial charge in [0.25, 0.3) is 5.91 Å². The first-order valence-corrected chi connectivity index (χ1v) is 8.45. The predicted molar refractivity (Wildman–Crippen MR) is 97.8 cm³/mol. The van der Waals surface area contributed by atoms with Crippen molar-refractivity contribution in [3.63, 3.8) is 0 Å². The molecule has 26 heavy (non-hydrogen) atoms. The summed E-state index contributed by atoms with van der Waals surface area (Å²) in [5, 5.41) is 5.95. The highest BCUT2D eigenvalue weighted by Crippen LogP contribution is 2.23. The first kappa shape index (κ1) is 19.4. The Balaban J connectivity index is 2.05. The molecule has 2 N–H and O–H groups in total. The van der Waals surface area contributed by atoms with E-state index in [4.69, 9.17) is 4.74 Å². The van der Waals surface area contributed by atoms with Crippen molar-refractivity contribution in [3.05, 3.63) is 41.1 Å². The molecule has 0 fully saturated rings. The molecule has 2 rings (SSSR count). The molecule has 0 aliphatic carbocycles. The Kier molecular flexibility index (Phi) is 6.27. The van der Waals surface area contributed by atoms with Crippen molar-refractivity contribution in [1.29, 1.82) is 0 Å². The topological polar surface area (TPSA) is 97.4 Å². The molecule has 2 amide bonds. The fraction of sp³-hybridized carbons (Fsp3) is 0.368. The van der Waals surface area contributed by atoms with Crippen molar-refractivity contribution in [2.75, 3.05) is 13.2 Å². The minimum Gasteiger partial charge on any atom is -0.452 e. The molecule has 0 radical (unpaired) electrons. The van der Waals surface area contributed by atoms with Gasteiger partial charge in [0, 0.05) is 11.9 Å². The zero-order valence-corrected chi connectivity index (χ0v) is 15.4. The van der Waals surface area contributed by atoms with Gasteiger partial charge in [-0.25, -0.2) is 4.79 Å². The number of hydrogen-bond acceptors (Lipinski definition) is 5. The summed E-state index contributed by atoms with van der Waals surface area (Å²) in [6, 6.07) is 6.81. The summed E-state index contributed by atoms with van der Waals surface area (Å²) in [4.78, 5) is 40.4. The molecular formula is C19H23N3O4. The Hall–Kier alpha value is -2.96. The molecule has 0 bridgehead atoms. The molecule has 138 valence electrons.